The van der Waals surface area contributed by atoms with Gasteiger partial charge in [-0.25, -0.2) is 0 Å². The number of hydrogen-bond donors (Lipinski definition) is 1. The Balaban J connectivity index is 1.43. The Morgan fingerprint density at radius 2 is 1.85 bits per heavy atom. The second-order valence-electron chi connectivity index (χ2n) is 8.45. The van der Waals surface area contributed by atoms with Gasteiger partial charge in [-0.05, 0) is 0 Å². The number of aliphatic hydroxyl groups excluding tert-OH is 1. The normalized spacial score (nSPS) is 25.7. The summed E-state index contributed by atoms with van der Waals surface area (Å²) >= 11 is 1.38. The minimum absolute atomic E-state index is 0.159. The number of quaternary nitrogens is 1. The Kier molecular flexibility index (Phi) is 4.80. The van der Waals surface area contributed by atoms with Crippen LogP contribution in [0.5, 0.6) is 11.6 Å². The molecule has 1 fully saturated rings. The molecule has 0 spiro atoms. The van der Waals surface area contributed by atoms with Gasteiger partial charge in [0.15, 0.2) is 0 Å². The number of ether oxygens (including phenoxy) is 1. The molecule has 6 rings (SSSR count). The van der Waals surface area contributed by atoms with Crippen molar-refractivity contribution in [2.45, 2.75) is 18.9 Å². The molecule has 0 amide bonds. The number of benzene rings is 2. The summed E-state index contributed by atoms with van der Waals surface area (Å²) in [6.45, 7) is 0. The quantitative estimate of drug-likeness (QED) is 0.551. The average Bonchev–Trinajstić information content (AvgIpc) is 3.11. The maximum absolute atomic E-state index is 15.9. The molecule has 0 bridgehead atoms. The van der Waals surface area contributed by atoms with Gasteiger partial charge in [-0.2, -0.15) is 0 Å². The fourth-order valence-corrected chi connectivity index (χ4v) is 5.47. The van der Waals surface area contributed by atoms with Gasteiger partial charge in [-0.3, -0.25) is 0 Å². The van der Waals surface area contributed by atoms with Crippen LogP contribution in [0.25, 0.3) is 10.9 Å². The van der Waals surface area contributed by atoms with E-state index >= 15 is 4.39 Å². The first-order valence-corrected chi connectivity index (χ1v) is 11.8. The van der Waals surface area contributed by atoms with E-state index in [1.165, 1.54) is 17.1 Å². The summed E-state index contributed by atoms with van der Waals surface area (Å²) in [7, 11) is 0. The van der Waals surface area contributed by atoms with Gasteiger partial charge < -0.3 is 0 Å². The molecule has 2 aliphatic heterocycles. The molecule has 0 saturated heterocycles. The monoisotopic (exact) mass is 503 g/mol. The molecule has 2 aromatic carbocycles. The molecular formula is C25H21AsFN4O2+. The van der Waals surface area contributed by atoms with Crippen LogP contribution >= 0.6 is 0 Å². The molecule has 0 radical (unpaired) electrons. The van der Waals surface area contributed by atoms with Gasteiger partial charge in [0.2, 0.25) is 0 Å². The molecule has 2 atom stereocenters. The van der Waals surface area contributed by atoms with E-state index in [1.807, 2.05) is 48.7 Å². The van der Waals surface area contributed by atoms with Crippen LogP contribution in [0.4, 0.5) is 4.39 Å². The van der Waals surface area contributed by atoms with Crippen LogP contribution in [0.15, 0.2) is 88.4 Å². The minimum atomic E-state index is -0.426. The summed E-state index contributed by atoms with van der Waals surface area (Å²) in [5.74, 6) is 1.31. The zero-order chi connectivity index (χ0) is 22.6. The number of para-hydroxylation sites is 1. The Hall–Kier alpha value is -3.12. The number of halogens is 1. The van der Waals surface area contributed by atoms with Crippen LogP contribution < -0.4 is 4.74 Å². The second kappa shape index (κ2) is 7.73. The number of pyridine rings is 1. The van der Waals surface area contributed by atoms with E-state index in [1.54, 1.807) is 24.5 Å². The first-order chi connectivity index (χ1) is 16.0. The fraction of sp³-hybridized carbons (Fsp3) is 0.160. The standard InChI is InChI=1S/C25H21AsFN4O2/c26-31-11-10-28-14-20(31)23(16-12-17(32)13-16)30-25(31)19-8-6-15-7-9-21(29-24(15)22(19)27)33-18-4-2-1-3-5-18/h1-11,14,16-17,32H,12-13,26H2/q+1. The van der Waals surface area contributed by atoms with Crippen molar-refractivity contribution in [1.82, 2.24) is 4.98 Å². The van der Waals surface area contributed by atoms with Crippen LogP contribution in [-0.2, 0) is 0 Å². The maximum atomic E-state index is 15.9. The third-order valence-corrected chi connectivity index (χ3v) is 7.76. The van der Waals surface area contributed by atoms with E-state index in [0.29, 0.717) is 44.7 Å². The van der Waals surface area contributed by atoms with E-state index in [0.717, 1.165) is 11.4 Å². The molecule has 6 nitrogen and oxygen atoms in total. The summed E-state index contributed by atoms with van der Waals surface area (Å²) in [5.41, 5.74) is 2.48. The third-order valence-electron chi connectivity index (χ3n) is 6.30. The number of amidine groups is 1. The fourth-order valence-electron chi connectivity index (χ4n) is 4.47. The summed E-state index contributed by atoms with van der Waals surface area (Å²) in [4.78, 5) is 13.7. The number of nitrogens with zero attached hydrogens (tertiary/aromatic N) is 4. The molecule has 33 heavy (non-hydrogen) atoms. The van der Waals surface area contributed by atoms with Crippen molar-refractivity contribution in [3.05, 3.63) is 89.8 Å². The van der Waals surface area contributed by atoms with Crippen molar-refractivity contribution < 1.29 is 17.6 Å². The predicted molar refractivity (Wildman–Crippen MR) is 127 cm³/mol. The van der Waals surface area contributed by atoms with E-state index < -0.39 is 5.82 Å². The molecule has 3 aromatic rings. The molecule has 1 aromatic heterocycles. The number of rotatable bonds is 4. The van der Waals surface area contributed by atoms with E-state index in [-0.39, 0.29) is 17.5 Å². The van der Waals surface area contributed by atoms with E-state index in [2.05, 4.69) is 9.98 Å². The van der Waals surface area contributed by atoms with Crippen molar-refractivity contribution in [1.29, 1.82) is 0 Å². The summed E-state index contributed by atoms with van der Waals surface area (Å²) < 4.78 is 22.1. The molecule has 3 heterocycles. The first-order valence-electron chi connectivity index (χ1n) is 10.8. The van der Waals surface area contributed by atoms with Gasteiger partial charge in [-0.15, -0.1) is 0 Å². The van der Waals surface area contributed by atoms with Gasteiger partial charge in [0, 0.05) is 0 Å². The number of aromatic nitrogens is 1. The predicted octanol–water partition coefficient (Wildman–Crippen LogP) is 3.83. The van der Waals surface area contributed by atoms with Gasteiger partial charge in [-0.1, -0.05) is 0 Å². The van der Waals surface area contributed by atoms with Crippen LogP contribution in [-0.4, -0.2) is 48.7 Å². The van der Waals surface area contributed by atoms with E-state index in [9.17, 15) is 5.11 Å². The zero-order valence-electron chi connectivity index (χ0n) is 17.6. The SMILES string of the molecule is OC1CC(C2=C3C=NC=C[N+]3([AsH2])C(c3ccc4ccc(Oc5ccccc5)nc4c3F)=N2)C1. The first kappa shape index (κ1) is 20.5. The van der Waals surface area contributed by atoms with Crippen molar-refractivity contribution in [2.75, 3.05) is 0 Å². The third kappa shape index (κ3) is 3.35. The molecule has 2 unspecified atom stereocenters. The molecule has 3 aliphatic rings. The zero-order valence-corrected chi connectivity index (χ0v) is 20.0. The molecule has 1 N–H and O–H groups in total. The molecule has 8 heteroatoms. The number of hydrogen-bond acceptors (Lipinski definition) is 5. The Labute approximate surface area is 198 Å². The molecule has 1 aliphatic carbocycles. The van der Waals surface area contributed by atoms with Crippen LogP contribution in [0.1, 0.15) is 18.4 Å². The van der Waals surface area contributed by atoms with Gasteiger partial charge in [0.1, 0.15) is 0 Å². The number of fused-ring (bicyclic) bond motifs is 2. The number of aliphatic hydroxyl groups is 1. The molecule has 164 valence electrons. The summed E-state index contributed by atoms with van der Waals surface area (Å²) in [6.07, 6.45) is 6.50. The average molecular weight is 503 g/mol. The Morgan fingerprint density at radius 1 is 1.06 bits per heavy atom. The molecular weight excluding hydrogens is 482 g/mol. The summed E-state index contributed by atoms with van der Waals surface area (Å²) in [6, 6.07) is 16.5. The number of aliphatic imine (C=N–C) groups is 2. The van der Waals surface area contributed by atoms with E-state index in [4.69, 9.17) is 9.73 Å². The van der Waals surface area contributed by atoms with Crippen molar-refractivity contribution in [2.24, 2.45) is 15.9 Å². The van der Waals surface area contributed by atoms with Crippen molar-refractivity contribution in [3.8, 4) is 11.6 Å². The Bertz CT molecular complexity index is 1400. The Morgan fingerprint density at radius 3 is 2.64 bits per heavy atom. The summed E-state index contributed by atoms with van der Waals surface area (Å²) in [5, 5.41) is 10.5. The van der Waals surface area contributed by atoms with Crippen LogP contribution in [0, 0.1) is 11.7 Å². The van der Waals surface area contributed by atoms with Crippen molar-refractivity contribution >= 4 is 40.0 Å². The van der Waals surface area contributed by atoms with Gasteiger partial charge in [0.05, 0.1) is 0 Å². The molecule has 1 saturated carbocycles. The van der Waals surface area contributed by atoms with Crippen LogP contribution in [0.2, 0.25) is 0 Å². The number of allylic oxidation sites excluding steroid dienone is 2. The topological polar surface area (TPSA) is 67.1 Å². The van der Waals surface area contributed by atoms with Crippen LogP contribution in [0.3, 0.4) is 0 Å². The van der Waals surface area contributed by atoms with Gasteiger partial charge in [0.25, 0.3) is 0 Å². The van der Waals surface area contributed by atoms with Crippen molar-refractivity contribution in [3.63, 3.8) is 0 Å². The van der Waals surface area contributed by atoms with Gasteiger partial charge >= 0.3 is 199 Å². The second-order valence-corrected chi connectivity index (χ2v) is 10.2.